The summed E-state index contributed by atoms with van der Waals surface area (Å²) in [5, 5.41) is 4.04. The van der Waals surface area contributed by atoms with E-state index < -0.39 is 0 Å². The molecule has 0 aromatic heterocycles. The minimum atomic E-state index is 0.0451. The van der Waals surface area contributed by atoms with Crippen LogP contribution in [0.5, 0.6) is 0 Å². The zero-order valence-corrected chi connectivity index (χ0v) is 10.8. The largest absolute Gasteiger partial charge is 0.273 e. The highest BCUT2D eigenvalue weighted by Crippen LogP contribution is 2.15. The van der Waals surface area contributed by atoms with Crippen LogP contribution in [0, 0.1) is 5.92 Å². The number of hydrazone groups is 1. The molecule has 1 amide bonds. The lowest BCUT2D eigenvalue weighted by molar-refractivity contribution is -0.121. The lowest BCUT2D eigenvalue weighted by atomic mass is 9.96. The van der Waals surface area contributed by atoms with E-state index in [0.717, 1.165) is 32.1 Å². The molecule has 0 aromatic rings. The predicted molar refractivity (Wildman–Crippen MR) is 71.9 cm³/mol. The van der Waals surface area contributed by atoms with E-state index in [4.69, 9.17) is 0 Å². The molecule has 1 aliphatic rings. The van der Waals surface area contributed by atoms with E-state index in [-0.39, 0.29) is 5.91 Å². The number of hydrogen-bond acceptors (Lipinski definition) is 2. The summed E-state index contributed by atoms with van der Waals surface area (Å²) in [6.45, 7) is 2.17. The average molecular weight is 236 g/mol. The fourth-order valence-electron chi connectivity index (χ4n) is 1.94. The van der Waals surface area contributed by atoms with E-state index in [1.165, 1.54) is 12.8 Å². The number of amides is 1. The van der Waals surface area contributed by atoms with E-state index >= 15 is 0 Å². The highest BCUT2D eigenvalue weighted by molar-refractivity contribution is 5.76. The van der Waals surface area contributed by atoms with Crippen LogP contribution >= 0.6 is 0 Å². The number of hydrogen-bond donors (Lipinski definition) is 1. The van der Waals surface area contributed by atoms with E-state index in [1.54, 1.807) is 0 Å². The maximum absolute atomic E-state index is 11.4. The van der Waals surface area contributed by atoms with Crippen molar-refractivity contribution in [1.29, 1.82) is 0 Å². The second-order valence-electron chi connectivity index (χ2n) is 4.67. The summed E-state index contributed by atoms with van der Waals surface area (Å²) in [5.74, 6) is 0.545. The van der Waals surface area contributed by atoms with Gasteiger partial charge in [-0.25, -0.2) is 5.43 Å². The Bertz CT molecular complexity index is 271. The zero-order valence-electron chi connectivity index (χ0n) is 10.8. The van der Waals surface area contributed by atoms with Gasteiger partial charge in [0.25, 0.3) is 0 Å². The summed E-state index contributed by atoms with van der Waals surface area (Å²) in [7, 11) is 0. The van der Waals surface area contributed by atoms with Crippen LogP contribution in [0.4, 0.5) is 0 Å². The van der Waals surface area contributed by atoms with Crippen LogP contribution in [0.2, 0.25) is 0 Å². The molecule has 0 fully saturated rings. The van der Waals surface area contributed by atoms with Gasteiger partial charge in [0.1, 0.15) is 0 Å². The molecule has 0 bridgehead atoms. The molecule has 0 saturated carbocycles. The standard InChI is InChI=1S/C14H24N2O/c1-2-3-4-8-11-14(17)16-15-12-13-9-6-5-7-10-13/h5-6,12-13H,2-4,7-11H2,1H3,(H,16,17). The lowest BCUT2D eigenvalue weighted by Crippen LogP contribution is -2.18. The van der Waals surface area contributed by atoms with Crippen LogP contribution in [0.25, 0.3) is 0 Å². The molecule has 0 heterocycles. The monoisotopic (exact) mass is 236 g/mol. The molecule has 3 nitrogen and oxygen atoms in total. The molecule has 0 aromatic carbocycles. The summed E-state index contributed by atoms with van der Waals surface area (Å²) in [6, 6.07) is 0. The van der Waals surface area contributed by atoms with Crippen molar-refractivity contribution in [2.75, 3.05) is 0 Å². The Morgan fingerprint density at radius 1 is 1.41 bits per heavy atom. The number of allylic oxidation sites excluding steroid dienone is 2. The van der Waals surface area contributed by atoms with E-state index in [0.29, 0.717) is 12.3 Å². The van der Waals surface area contributed by atoms with Crippen molar-refractivity contribution in [3.63, 3.8) is 0 Å². The van der Waals surface area contributed by atoms with Crippen molar-refractivity contribution in [2.24, 2.45) is 11.0 Å². The average Bonchev–Trinajstić information content (AvgIpc) is 2.36. The Balaban J connectivity index is 2.06. The topological polar surface area (TPSA) is 41.5 Å². The zero-order chi connectivity index (χ0) is 12.3. The molecular formula is C14H24N2O. The highest BCUT2D eigenvalue weighted by Gasteiger charge is 2.06. The first-order valence-electron chi connectivity index (χ1n) is 6.80. The predicted octanol–water partition coefficient (Wildman–Crippen LogP) is 3.42. The first kappa shape index (κ1) is 13.9. The van der Waals surface area contributed by atoms with Gasteiger partial charge in [0, 0.05) is 12.6 Å². The fraction of sp³-hybridized carbons (Fsp3) is 0.714. The Kier molecular flexibility index (Phi) is 7.35. The van der Waals surface area contributed by atoms with Crippen molar-refractivity contribution < 1.29 is 4.79 Å². The fourth-order valence-corrected chi connectivity index (χ4v) is 1.94. The maximum atomic E-state index is 11.4. The number of unbranched alkanes of at least 4 members (excludes halogenated alkanes) is 3. The number of carbonyl (C=O) groups is 1. The first-order valence-corrected chi connectivity index (χ1v) is 6.80. The van der Waals surface area contributed by atoms with Gasteiger partial charge >= 0.3 is 0 Å². The molecule has 1 N–H and O–H groups in total. The molecule has 17 heavy (non-hydrogen) atoms. The molecule has 0 aliphatic heterocycles. The molecular weight excluding hydrogens is 212 g/mol. The van der Waals surface area contributed by atoms with Crippen molar-refractivity contribution >= 4 is 12.1 Å². The van der Waals surface area contributed by atoms with Crippen LogP contribution in [-0.4, -0.2) is 12.1 Å². The Labute approximate surface area is 104 Å². The van der Waals surface area contributed by atoms with Gasteiger partial charge in [0.15, 0.2) is 0 Å². The Morgan fingerprint density at radius 3 is 3.00 bits per heavy atom. The minimum absolute atomic E-state index is 0.0451. The second-order valence-corrected chi connectivity index (χ2v) is 4.67. The maximum Gasteiger partial charge on any atom is 0.240 e. The van der Waals surface area contributed by atoms with Crippen LogP contribution in [0.15, 0.2) is 17.3 Å². The number of carbonyl (C=O) groups excluding carboxylic acids is 1. The van der Waals surface area contributed by atoms with Crippen molar-refractivity contribution in [2.45, 2.75) is 58.3 Å². The third-order valence-electron chi connectivity index (χ3n) is 3.04. The molecule has 1 aliphatic carbocycles. The molecule has 1 unspecified atom stereocenters. The summed E-state index contributed by atoms with van der Waals surface area (Å²) >= 11 is 0. The van der Waals surface area contributed by atoms with Crippen molar-refractivity contribution in [3.05, 3.63) is 12.2 Å². The summed E-state index contributed by atoms with van der Waals surface area (Å²) in [5.41, 5.74) is 2.61. The van der Waals surface area contributed by atoms with E-state index in [1.807, 2.05) is 6.21 Å². The Hall–Kier alpha value is -1.12. The lowest BCUT2D eigenvalue weighted by Gasteiger charge is -2.11. The molecule has 0 radical (unpaired) electrons. The third kappa shape index (κ3) is 6.93. The normalized spacial score (nSPS) is 19.7. The van der Waals surface area contributed by atoms with Crippen LogP contribution in [0.1, 0.15) is 58.3 Å². The molecule has 0 spiro atoms. The van der Waals surface area contributed by atoms with Gasteiger partial charge in [-0.05, 0) is 31.6 Å². The molecule has 0 saturated heterocycles. The molecule has 1 rings (SSSR count). The van der Waals surface area contributed by atoms with Crippen LogP contribution in [-0.2, 0) is 4.79 Å². The quantitative estimate of drug-likeness (QED) is 0.313. The van der Waals surface area contributed by atoms with Gasteiger partial charge in [-0.1, -0.05) is 38.3 Å². The molecule has 3 heteroatoms. The van der Waals surface area contributed by atoms with E-state index in [2.05, 4.69) is 29.6 Å². The third-order valence-corrected chi connectivity index (χ3v) is 3.04. The summed E-state index contributed by atoms with van der Waals surface area (Å²) in [6.07, 6.45) is 14.7. The first-order chi connectivity index (χ1) is 8.33. The highest BCUT2D eigenvalue weighted by atomic mass is 16.2. The van der Waals surface area contributed by atoms with Gasteiger partial charge in [-0.3, -0.25) is 4.79 Å². The van der Waals surface area contributed by atoms with Crippen molar-refractivity contribution in [1.82, 2.24) is 5.43 Å². The van der Waals surface area contributed by atoms with Crippen LogP contribution < -0.4 is 5.43 Å². The van der Waals surface area contributed by atoms with Gasteiger partial charge < -0.3 is 0 Å². The Morgan fingerprint density at radius 2 is 2.29 bits per heavy atom. The smallest absolute Gasteiger partial charge is 0.240 e. The molecule has 96 valence electrons. The van der Waals surface area contributed by atoms with Gasteiger partial charge in [-0.2, -0.15) is 5.10 Å². The van der Waals surface area contributed by atoms with Crippen molar-refractivity contribution in [3.8, 4) is 0 Å². The SMILES string of the molecule is CCCCCCC(=O)NN=CC1CC=CCC1. The van der Waals surface area contributed by atoms with Gasteiger partial charge in [0.2, 0.25) is 5.91 Å². The molecule has 1 atom stereocenters. The summed E-state index contributed by atoms with van der Waals surface area (Å²) < 4.78 is 0. The van der Waals surface area contributed by atoms with Crippen LogP contribution in [0.3, 0.4) is 0 Å². The van der Waals surface area contributed by atoms with Gasteiger partial charge in [-0.15, -0.1) is 0 Å². The van der Waals surface area contributed by atoms with Gasteiger partial charge in [0.05, 0.1) is 0 Å². The summed E-state index contributed by atoms with van der Waals surface area (Å²) in [4.78, 5) is 11.4. The minimum Gasteiger partial charge on any atom is -0.273 e. The number of rotatable bonds is 7. The number of nitrogens with zero attached hydrogens (tertiary/aromatic N) is 1. The van der Waals surface area contributed by atoms with E-state index in [9.17, 15) is 4.79 Å². The number of nitrogens with one attached hydrogen (secondary N) is 1. The second kappa shape index (κ2) is 8.97.